The van der Waals surface area contributed by atoms with Crippen LogP contribution in [0.5, 0.6) is 0 Å². The fourth-order valence-electron chi connectivity index (χ4n) is 2.41. The maximum atomic E-state index is 4.70. The van der Waals surface area contributed by atoms with Crippen molar-refractivity contribution in [1.29, 1.82) is 0 Å². The van der Waals surface area contributed by atoms with Crippen LogP contribution in [0.15, 0.2) is 29.5 Å². The molecule has 2 aromatic rings. The summed E-state index contributed by atoms with van der Waals surface area (Å²) in [6.45, 7) is 11.2. The highest BCUT2D eigenvalue weighted by atomic mass is 15.2. The van der Waals surface area contributed by atoms with Crippen LogP contribution >= 0.6 is 0 Å². The molecule has 0 saturated carbocycles. The molecule has 2 heterocycles. The molecular weight excluding hydrogens is 286 g/mol. The van der Waals surface area contributed by atoms with Crippen LogP contribution in [0.25, 0.3) is 5.65 Å². The number of rotatable bonds is 7. The van der Waals surface area contributed by atoms with Gasteiger partial charge >= 0.3 is 0 Å². The number of aliphatic imine (C=N–C) groups is 1. The third kappa shape index (κ3) is 5.27. The number of nitrogens with one attached hydrogen (secondary N) is 2. The molecule has 0 fully saturated rings. The normalized spacial score (nSPS) is 12.1. The minimum atomic E-state index is 0.683. The molecule has 0 saturated heterocycles. The van der Waals surface area contributed by atoms with Crippen molar-refractivity contribution in [1.82, 2.24) is 20.0 Å². The maximum Gasteiger partial charge on any atom is 0.191 e. The molecule has 5 heteroatoms. The Hall–Kier alpha value is -2.04. The lowest BCUT2D eigenvalue weighted by molar-refractivity contribution is 0.594. The zero-order valence-electron chi connectivity index (χ0n) is 14.8. The van der Waals surface area contributed by atoms with Crippen LogP contribution in [0.3, 0.4) is 0 Å². The molecule has 23 heavy (non-hydrogen) atoms. The molecule has 0 aliphatic rings. The summed E-state index contributed by atoms with van der Waals surface area (Å²) in [5.41, 5.74) is 3.35. The predicted molar refractivity (Wildman–Crippen MR) is 97.1 cm³/mol. The minimum absolute atomic E-state index is 0.683. The molecule has 2 rings (SSSR count). The fourth-order valence-corrected chi connectivity index (χ4v) is 2.41. The molecule has 0 amide bonds. The molecule has 2 aromatic heterocycles. The van der Waals surface area contributed by atoms with E-state index in [9.17, 15) is 0 Å². The Kier molecular flexibility index (Phi) is 6.44. The zero-order valence-corrected chi connectivity index (χ0v) is 14.8. The Morgan fingerprint density at radius 3 is 2.87 bits per heavy atom. The van der Waals surface area contributed by atoms with Gasteiger partial charge in [-0.05, 0) is 37.8 Å². The lowest BCUT2D eigenvalue weighted by atomic mass is 10.1. The summed E-state index contributed by atoms with van der Waals surface area (Å²) >= 11 is 0. The van der Waals surface area contributed by atoms with Crippen molar-refractivity contribution < 1.29 is 0 Å². The number of nitrogens with zero attached hydrogens (tertiary/aromatic N) is 3. The molecule has 0 radical (unpaired) electrons. The first-order valence-electron chi connectivity index (χ1n) is 8.55. The van der Waals surface area contributed by atoms with Crippen molar-refractivity contribution in [2.75, 3.05) is 19.6 Å². The van der Waals surface area contributed by atoms with Gasteiger partial charge in [-0.3, -0.25) is 4.99 Å². The SMILES string of the molecule is CCNC(=NCCC(C)C)NCCc1cn2cccc(C)c2n1. The Morgan fingerprint density at radius 2 is 2.17 bits per heavy atom. The molecule has 0 aromatic carbocycles. The van der Waals surface area contributed by atoms with Crippen LogP contribution in [0.1, 0.15) is 38.4 Å². The van der Waals surface area contributed by atoms with Gasteiger partial charge in [-0.25, -0.2) is 4.98 Å². The first-order chi connectivity index (χ1) is 11.1. The standard InChI is InChI=1S/C18H29N5/c1-5-19-18(20-10-8-14(2)3)21-11-9-16-13-23-12-6-7-15(4)17(23)22-16/h6-7,12-14H,5,8-11H2,1-4H3,(H2,19,20,21). The second-order valence-corrected chi connectivity index (χ2v) is 6.27. The number of aryl methyl sites for hydroxylation is 1. The van der Waals surface area contributed by atoms with Gasteiger partial charge in [0.05, 0.1) is 5.69 Å². The van der Waals surface area contributed by atoms with E-state index in [1.165, 1.54) is 5.56 Å². The van der Waals surface area contributed by atoms with E-state index in [0.717, 1.165) is 49.8 Å². The van der Waals surface area contributed by atoms with Gasteiger partial charge in [0.15, 0.2) is 5.96 Å². The predicted octanol–water partition coefficient (Wildman–Crippen LogP) is 2.79. The molecule has 5 nitrogen and oxygen atoms in total. The highest BCUT2D eigenvalue weighted by Crippen LogP contribution is 2.09. The second kappa shape index (κ2) is 8.56. The summed E-state index contributed by atoms with van der Waals surface area (Å²) in [4.78, 5) is 9.31. The van der Waals surface area contributed by atoms with Gasteiger partial charge in [-0.1, -0.05) is 19.9 Å². The van der Waals surface area contributed by atoms with E-state index in [1.54, 1.807) is 0 Å². The van der Waals surface area contributed by atoms with Crippen LogP contribution in [0.2, 0.25) is 0 Å². The van der Waals surface area contributed by atoms with Gasteiger partial charge in [0.2, 0.25) is 0 Å². The highest BCUT2D eigenvalue weighted by Gasteiger charge is 2.04. The Labute approximate surface area is 139 Å². The second-order valence-electron chi connectivity index (χ2n) is 6.27. The van der Waals surface area contributed by atoms with Gasteiger partial charge in [-0.2, -0.15) is 0 Å². The van der Waals surface area contributed by atoms with Crippen LogP contribution in [-0.2, 0) is 6.42 Å². The molecule has 0 bridgehead atoms. The average molecular weight is 315 g/mol. The number of pyridine rings is 1. The van der Waals surface area contributed by atoms with Crippen molar-refractivity contribution in [3.63, 3.8) is 0 Å². The monoisotopic (exact) mass is 315 g/mol. The number of aromatic nitrogens is 2. The summed E-state index contributed by atoms with van der Waals surface area (Å²) in [5.74, 6) is 1.58. The third-order valence-corrected chi connectivity index (χ3v) is 3.72. The number of hydrogen-bond donors (Lipinski definition) is 2. The summed E-state index contributed by atoms with van der Waals surface area (Å²) in [6, 6.07) is 4.14. The Bertz CT molecular complexity index is 642. The largest absolute Gasteiger partial charge is 0.357 e. The number of guanidine groups is 1. The van der Waals surface area contributed by atoms with Crippen molar-refractivity contribution >= 4 is 11.6 Å². The van der Waals surface area contributed by atoms with E-state index < -0.39 is 0 Å². The number of fused-ring (bicyclic) bond motifs is 1. The first-order valence-corrected chi connectivity index (χ1v) is 8.55. The summed E-state index contributed by atoms with van der Waals surface area (Å²) in [6.07, 6.45) is 6.15. The number of hydrogen-bond acceptors (Lipinski definition) is 2. The van der Waals surface area contributed by atoms with Crippen molar-refractivity contribution in [3.8, 4) is 0 Å². The quantitative estimate of drug-likeness (QED) is 0.610. The first kappa shape index (κ1) is 17.3. The summed E-state index contributed by atoms with van der Waals surface area (Å²) in [7, 11) is 0. The van der Waals surface area contributed by atoms with Crippen LogP contribution < -0.4 is 10.6 Å². The van der Waals surface area contributed by atoms with Gasteiger partial charge < -0.3 is 15.0 Å². The van der Waals surface area contributed by atoms with Crippen LogP contribution in [-0.4, -0.2) is 35.0 Å². The maximum absolute atomic E-state index is 4.70. The molecule has 0 unspecified atom stereocenters. The topological polar surface area (TPSA) is 53.7 Å². The number of imidazole rings is 1. The Morgan fingerprint density at radius 1 is 1.35 bits per heavy atom. The van der Waals surface area contributed by atoms with E-state index >= 15 is 0 Å². The highest BCUT2D eigenvalue weighted by molar-refractivity contribution is 5.79. The molecule has 0 spiro atoms. The molecular formula is C18H29N5. The van der Waals surface area contributed by atoms with E-state index in [1.807, 2.05) is 6.20 Å². The van der Waals surface area contributed by atoms with E-state index in [4.69, 9.17) is 4.98 Å². The lowest BCUT2D eigenvalue weighted by Gasteiger charge is -2.11. The molecule has 126 valence electrons. The molecule has 2 N–H and O–H groups in total. The Balaban J connectivity index is 1.89. The smallest absolute Gasteiger partial charge is 0.191 e. The summed E-state index contributed by atoms with van der Waals surface area (Å²) < 4.78 is 2.09. The van der Waals surface area contributed by atoms with Crippen molar-refractivity contribution in [3.05, 3.63) is 35.8 Å². The molecule has 0 atom stereocenters. The summed E-state index contributed by atoms with van der Waals surface area (Å²) in [5, 5.41) is 6.68. The van der Waals surface area contributed by atoms with Gasteiger partial charge in [0.1, 0.15) is 5.65 Å². The van der Waals surface area contributed by atoms with E-state index in [2.05, 4.69) is 66.1 Å². The third-order valence-electron chi connectivity index (χ3n) is 3.72. The fraction of sp³-hybridized carbons (Fsp3) is 0.556. The lowest BCUT2D eigenvalue weighted by Crippen LogP contribution is -2.38. The molecule has 0 aliphatic carbocycles. The van der Waals surface area contributed by atoms with Crippen molar-refractivity contribution in [2.45, 2.75) is 40.5 Å². The van der Waals surface area contributed by atoms with Crippen molar-refractivity contribution in [2.24, 2.45) is 10.9 Å². The van der Waals surface area contributed by atoms with Crippen LogP contribution in [0.4, 0.5) is 0 Å². The minimum Gasteiger partial charge on any atom is -0.357 e. The van der Waals surface area contributed by atoms with Gasteiger partial charge in [-0.15, -0.1) is 0 Å². The van der Waals surface area contributed by atoms with Gasteiger partial charge in [0.25, 0.3) is 0 Å². The van der Waals surface area contributed by atoms with E-state index in [-0.39, 0.29) is 0 Å². The zero-order chi connectivity index (χ0) is 16.7. The van der Waals surface area contributed by atoms with E-state index in [0.29, 0.717) is 5.92 Å². The molecule has 0 aliphatic heterocycles. The average Bonchev–Trinajstić information content (AvgIpc) is 2.91. The van der Waals surface area contributed by atoms with Crippen LogP contribution in [0, 0.1) is 12.8 Å². The van der Waals surface area contributed by atoms with Gasteiger partial charge in [0, 0.05) is 38.4 Å².